The summed E-state index contributed by atoms with van der Waals surface area (Å²) in [6, 6.07) is 6.09. The van der Waals surface area contributed by atoms with Gasteiger partial charge in [0, 0.05) is 5.41 Å². The molecule has 2 bridgehead atoms. The average Bonchev–Trinajstić information content (AvgIpc) is 2.65. The van der Waals surface area contributed by atoms with Crippen LogP contribution in [-0.2, 0) is 0 Å². The summed E-state index contributed by atoms with van der Waals surface area (Å²) in [5.74, 6) is 1.66. The number of hydrogen-bond donors (Lipinski definition) is 1. The standard InChI is InChI=1S/C17H25NO/c1-11-5-6-14(13(18)9-11)19-15-10-12-7-8-17(15,4)16(12,2)3/h5-6,9,12,15H,7-8,10,18H2,1-4H3. The van der Waals surface area contributed by atoms with Crippen LogP contribution >= 0.6 is 0 Å². The quantitative estimate of drug-likeness (QED) is 0.809. The largest absolute Gasteiger partial charge is 0.488 e. The highest BCUT2D eigenvalue weighted by Crippen LogP contribution is 2.66. The molecular weight excluding hydrogens is 234 g/mol. The maximum Gasteiger partial charge on any atom is 0.142 e. The highest BCUT2D eigenvalue weighted by Gasteiger charge is 2.62. The Morgan fingerprint density at radius 2 is 2.00 bits per heavy atom. The van der Waals surface area contributed by atoms with Gasteiger partial charge in [-0.15, -0.1) is 0 Å². The minimum Gasteiger partial charge on any atom is -0.488 e. The zero-order valence-electron chi connectivity index (χ0n) is 12.5. The third kappa shape index (κ3) is 1.69. The molecule has 0 saturated heterocycles. The van der Waals surface area contributed by atoms with Crippen molar-refractivity contribution in [2.24, 2.45) is 16.7 Å². The van der Waals surface area contributed by atoms with E-state index in [1.54, 1.807) is 0 Å². The minimum atomic E-state index is 0.287. The molecule has 0 amide bonds. The number of nitrogens with two attached hydrogens (primary N) is 1. The van der Waals surface area contributed by atoms with E-state index < -0.39 is 0 Å². The van der Waals surface area contributed by atoms with Gasteiger partial charge in [0.2, 0.25) is 0 Å². The van der Waals surface area contributed by atoms with Gasteiger partial charge in [-0.1, -0.05) is 26.8 Å². The van der Waals surface area contributed by atoms with E-state index in [9.17, 15) is 0 Å². The molecule has 2 aliphatic rings. The fourth-order valence-electron chi connectivity index (χ4n) is 4.24. The molecule has 0 spiro atoms. The smallest absolute Gasteiger partial charge is 0.142 e. The van der Waals surface area contributed by atoms with Crippen LogP contribution in [0.25, 0.3) is 0 Å². The second-order valence-corrected chi connectivity index (χ2v) is 7.26. The number of hydrogen-bond acceptors (Lipinski definition) is 2. The van der Waals surface area contributed by atoms with Crippen molar-refractivity contribution < 1.29 is 4.74 Å². The summed E-state index contributed by atoms with van der Waals surface area (Å²) in [7, 11) is 0. The van der Waals surface area contributed by atoms with Crippen LogP contribution in [0.15, 0.2) is 18.2 Å². The van der Waals surface area contributed by atoms with E-state index >= 15 is 0 Å². The zero-order valence-corrected chi connectivity index (χ0v) is 12.5. The lowest BCUT2D eigenvalue weighted by atomic mass is 9.70. The van der Waals surface area contributed by atoms with Crippen LogP contribution in [0.2, 0.25) is 0 Å². The molecule has 2 aliphatic carbocycles. The Hall–Kier alpha value is -1.18. The molecule has 0 radical (unpaired) electrons. The molecular formula is C17H25NO. The van der Waals surface area contributed by atoms with E-state index in [1.165, 1.54) is 24.8 Å². The third-order valence-electron chi connectivity index (χ3n) is 6.15. The molecule has 3 rings (SSSR count). The van der Waals surface area contributed by atoms with Crippen LogP contribution in [0.4, 0.5) is 5.69 Å². The predicted octanol–water partition coefficient (Wildman–Crippen LogP) is 4.17. The summed E-state index contributed by atoms with van der Waals surface area (Å²) >= 11 is 0. The second kappa shape index (κ2) is 3.91. The number of nitrogen functional groups attached to an aromatic ring is 1. The first-order valence-corrected chi connectivity index (χ1v) is 7.37. The fraction of sp³-hybridized carbons (Fsp3) is 0.647. The lowest BCUT2D eigenvalue weighted by molar-refractivity contribution is 0.0306. The topological polar surface area (TPSA) is 35.2 Å². The Kier molecular flexibility index (Phi) is 2.64. The van der Waals surface area contributed by atoms with Crippen molar-refractivity contribution in [1.82, 2.24) is 0 Å². The number of ether oxygens (including phenoxy) is 1. The summed E-state index contributed by atoms with van der Waals surface area (Å²) in [5.41, 5.74) is 8.71. The Bertz CT molecular complexity index is 508. The number of rotatable bonds is 2. The minimum absolute atomic E-state index is 0.287. The van der Waals surface area contributed by atoms with Gasteiger partial charge in [0.25, 0.3) is 0 Å². The summed E-state index contributed by atoms with van der Waals surface area (Å²) in [6.07, 6.45) is 4.12. The van der Waals surface area contributed by atoms with E-state index in [4.69, 9.17) is 10.5 Å². The van der Waals surface area contributed by atoms with Gasteiger partial charge in [-0.05, 0) is 55.2 Å². The number of fused-ring (bicyclic) bond motifs is 2. The molecule has 2 N–H and O–H groups in total. The molecule has 2 fully saturated rings. The molecule has 104 valence electrons. The van der Waals surface area contributed by atoms with Gasteiger partial charge in [0.1, 0.15) is 11.9 Å². The normalized spacial score (nSPS) is 35.6. The van der Waals surface area contributed by atoms with E-state index in [-0.39, 0.29) is 5.41 Å². The molecule has 3 atom stereocenters. The number of aryl methyl sites for hydroxylation is 1. The Balaban J connectivity index is 1.86. The third-order valence-corrected chi connectivity index (χ3v) is 6.15. The molecule has 0 aromatic heterocycles. The van der Waals surface area contributed by atoms with Gasteiger partial charge in [-0.2, -0.15) is 0 Å². The van der Waals surface area contributed by atoms with Crippen LogP contribution < -0.4 is 10.5 Å². The maximum absolute atomic E-state index is 6.31. The summed E-state index contributed by atoms with van der Waals surface area (Å²) in [4.78, 5) is 0. The summed E-state index contributed by atoms with van der Waals surface area (Å²) < 4.78 is 6.31. The zero-order chi connectivity index (χ0) is 13.8. The molecule has 2 heteroatoms. The predicted molar refractivity (Wildman–Crippen MR) is 79.2 cm³/mol. The van der Waals surface area contributed by atoms with Crippen LogP contribution in [0.3, 0.4) is 0 Å². The van der Waals surface area contributed by atoms with Gasteiger partial charge in [0.05, 0.1) is 5.69 Å². The Morgan fingerprint density at radius 3 is 2.53 bits per heavy atom. The van der Waals surface area contributed by atoms with Gasteiger partial charge in [0.15, 0.2) is 0 Å². The number of benzene rings is 1. The van der Waals surface area contributed by atoms with Crippen molar-refractivity contribution in [3.05, 3.63) is 23.8 Å². The van der Waals surface area contributed by atoms with Gasteiger partial charge >= 0.3 is 0 Å². The average molecular weight is 259 g/mol. The summed E-state index contributed by atoms with van der Waals surface area (Å²) in [5, 5.41) is 0. The van der Waals surface area contributed by atoms with Crippen LogP contribution in [0, 0.1) is 23.7 Å². The molecule has 19 heavy (non-hydrogen) atoms. The molecule has 2 nitrogen and oxygen atoms in total. The first-order chi connectivity index (χ1) is 8.84. The van der Waals surface area contributed by atoms with Crippen molar-refractivity contribution in [1.29, 1.82) is 0 Å². The molecule has 0 heterocycles. The first kappa shape index (κ1) is 12.8. The fourth-order valence-corrected chi connectivity index (χ4v) is 4.24. The molecule has 1 aromatic rings. The maximum atomic E-state index is 6.31. The highest BCUT2D eigenvalue weighted by molar-refractivity contribution is 5.54. The van der Waals surface area contributed by atoms with E-state index in [0.29, 0.717) is 11.5 Å². The SMILES string of the molecule is Cc1ccc(OC2CC3CCC2(C)C3(C)C)c(N)c1. The van der Waals surface area contributed by atoms with Crippen molar-refractivity contribution in [2.75, 3.05) is 5.73 Å². The lowest BCUT2D eigenvalue weighted by Gasteiger charge is -2.39. The van der Waals surface area contributed by atoms with Crippen LogP contribution in [0.1, 0.15) is 45.6 Å². The highest BCUT2D eigenvalue weighted by atomic mass is 16.5. The second-order valence-electron chi connectivity index (χ2n) is 7.26. The van der Waals surface area contributed by atoms with Gasteiger partial charge < -0.3 is 10.5 Å². The van der Waals surface area contributed by atoms with E-state index in [1.807, 2.05) is 12.1 Å². The molecule has 2 saturated carbocycles. The Labute approximate surface area is 116 Å². The van der Waals surface area contributed by atoms with Crippen molar-refractivity contribution in [2.45, 2.75) is 53.1 Å². The van der Waals surface area contributed by atoms with Gasteiger partial charge in [-0.25, -0.2) is 0 Å². The molecule has 3 unspecified atom stereocenters. The molecule has 0 aliphatic heterocycles. The van der Waals surface area contributed by atoms with Crippen LogP contribution in [-0.4, -0.2) is 6.10 Å². The van der Waals surface area contributed by atoms with Gasteiger partial charge in [-0.3, -0.25) is 0 Å². The Morgan fingerprint density at radius 1 is 1.26 bits per heavy atom. The first-order valence-electron chi connectivity index (χ1n) is 7.37. The van der Waals surface area contributed by atoms with E-state index in [2.05, 4.69) is 33.8 Å². The summed E-state index contributed by atoms with van der Waals surface area (Å²) in [6.45, 7) is 9.27. The van der Waals surface area contributed by atoms with Crippen molar-refractivity contribution in [3.63, 3.8) is 0 Å². The van der Waals surface area contributed by atoms with Crippen LogP contribution in [0.5, 0.6) is 5.75 Å². The van der Waals surface area contributed by atoms with Crippen molar-refractivity contribution >= 4 is 5.69 Å². The number of anilines is 1. The monoisotopic (exact) mass is 259 g/mol. The molecule has 1 aromatic carbocycles. The van der Waals surface area contributed by atoms with Crippen molar-refractivity contribution in [3.8, 4) is 5.75 Å². The lowest BCUT2D eigenvalue weighted by Crippen LogP contribution is -2.39. The van der Waals surface area contributed by atoms with E-state index in [0.717, 1.165) is 17.4 Å².